The van der Waals surface area contributed by atoms with E-state index in [2.05, 4.69) is 29.0 Å². The van der Waals surface area contributed by atoms with Gasteiger partial charge in [0.25, 0.3) is 0 Å². The van der Waals surface area contributed by atoms with Crippen LogP contribution in [0.25, 0.3) is 0 Å². The van der Waals surface area contributed by atoms with Gasteiger partial charge in [-0.05, 0) is 58.5 Å². The third-order valence-corrected chi connectivity index (χ3v) is 5.59. The number of hydrogen-bond acceptors (Lipinski definition) is 4. The first-order chi connectivity index (χ1) is 11.1. The van der Waals surface area contributed by atoms with E-state index in [-0.39, 0.29) is 24.8 Å². The van der Waals surface area contributed by atoms with Gasteiger partial charge in [-0.25, -0.2) is 0 Å². The van der Waals surface area contributed by atoms with Crippen molar-refractivity contribution in [3.63, 3.8) is 0 Å². The van der Waals surface area contributed by atoms with Crippen LogP contribution in [0.2, 0.25) is 0 Å². The average molecular weight is 396 g/mol. The fraction of sp³-hybridized carbons (Fsp3) is 0.944. The van der Waals surface area contributed by atoms with Crippen LogP contribution in [0.3, 0.4) is 0 Å². The SMILES string of the molecule is CC1CN(CC2CCCN2C(=O)CCC2CCNC2)CC(C)O1.Cl.Cl. The van der Waals surface area contributed by atoms with E-state index in [4.69, 9.17) is 4.74 Å². The van der Waals surface area contributed by atoms with Crippen molar-refractivity contribution in [1.29, 1.82) is 0 Å². The number of likely N-dealkylation sites (tertiary alicyclic amines) is 1. The van der Waals surface area contributed by atoms with E-state index in [1.807, 2.05) is 0 Å². The number of carbonyl (C=O) groups is 1. The maximum atomic E-state index is 12.6. The van der Waals surface area contributed by atoms with Crippen LogP contribution in [-0.2, 0) is 9.53 Å². The van der Waals surface area contributed by atoms with Gasteiger partial charge in [-0.15, -0.1) is 24.8 Å². The lowest BCUT2D eigenvalue weighted by Gasteiger charge is -2.38. The van der Waals surface area contributed by atoms with Gasteiger partial charge in [0.1, 0.15) is 0 Å². The van der Waals surface area contributed by atoms with Gasteiger partial charge in [0.05, 0.1) is 12.2 Å². The Kier molecular flexibility index (Phi) is 10.0. The molecule has 3 saturated heterocycles. The summed E-state index contributed by atoms with van der Waals surface area (Å²) < 4.78 is 5.82. The van der Waals surface area contributed by atoms with Crippen LogP contribution in [0.15, 0.2) is 0 Å². The van der Waals surface area contributed by atoms with Crippen LogP contribution in [0.5, 0.6) is 0 Å². The van der Waals surface area contributed by atoms with E-state index in [1.165, 1.54) is 6.42 Å². The molecule has 0 aliphatic carbocycles. The van der Waals surface area contributed by atoms with Crippen LogP contribution < -0.4 is 5.32 Å². The molecule has 3 heterocycles. The summed E-state index contributed by atoms with van der Waals surface area (Å²) in [5, 5.41) is 3.39. The van der Waals surface area contributed by atoms with Crippen molar-refractivity contribution in [3.8, 4) is 0 Å². The minimum absolute atomic E-state index is 0. The Morgan fingerprint density at radius 3 is 2.52 bits per heavy atom. The van der Waals surface area contributed by atoms with Gasteiger partial charge in [0, 0.05) is 38.6 Å². The van der Waals surface area contributed by atoms with Crippen molar-refractivity contribution in [1.82, 2.24) is 15.1 Å². The van der Waals surface area contributed by atoms with Crippen molar-refractivity contribution in [2.24, 2.45) is 5.92 Å². The van der Waals surface area contributed by atoms with Crippen LogP contribution in [-0.4, -0.2) is 73.2 Å². The van der Waals surface area contributed by atoms with E-state index < -0.39 is 0 Å². The lowest BCUT2D eigenvalue weighted by atomic mass is 10.0. The Hall–Kier alpha value is -0.0700. The van der Waals surface area contributed by atoms with Crippen LogP contribution in [0.4, 0.5) is 0 Å². The number of ether oxygens (including phenoxy) is 1. The monoisotopic (exact) mass is 395 g/mol. The highest BCUT2D eigenvalue weighted by atomic mass is 35.5. The number of carbonyl (C=O) groups excluding carboxylic acids is 1. The second-order valence-electron chi connectivity index (χ2n) is 7.76. The molecular formula is C18H35Cl2N3O2. The summed E-state index contributed by atoms with van der Waals surface area (Å²) in [6.45, 7) is 10.5. The molecule has 0 aromatic heterocycles. The number of halogens is 2. The standard InChI is InChI=1S/C18H33N3O2.2ClH/c1-14-11-20(12-15(2)23-14)13-17-4-3-9-21(17)18(22)6-5-16-7-8-19-10-16;;/h14-17,19H,3-13H2,1-2H3;2*1H. The predicted octanol–water partition coefficient (Wildman–Crippen LogP) is 2.32. The van der Waals surface area contributed by atoms with Gasteiger partial charge in [0.2, 0.25) is 5.91 Å². The van der Waals surface area contributed by atoms with Crippen molar-refractivity contribution in [2.45, 2.75) is 64.2 Å². The molecule has 148 valence electrons. The molecule has 0 bridgehead atoms. The van der Waals surface area contributed by atoms with Gasteiger partial charge in [-0.1, -0.05) is 0 Å². The number of rotatable bonds is 5. The zero-order valence-corrected chi connectivity index (χ0v) is 17.2. The van der Waals surface area contributed by atoms with E-state index >= 15 is 0 Å². The fourth-order valence-corrected chi connectivity index (χ4v) is 4.52. The second-order valence-corrected chi connectivity index (χ2v) is 7.76. The van der Waals surface area contributed by atoms with Crippen LogP contribution >= 0.6 is 24.8 Å². The molecule has 4 unspecified atom stereocenters. The zero-order chi connectivity index (χ0) is 16.2. The Morgan fingerprint density at radius 2 is 1.88 bits per heavy atom. The summed E-state index contributed by atoms with van der Waals surface area (Å²) in [5.41, 5.74) is 0. The van der Waals surface area contributed by atoms with Crippen LogP contribution in [0.1, 0.15) is 46.0 Å². The molecule has 0 aromatic rings. The van der Waals surface area contributed by atoms with Crippen molar-refractivity contribution < 1.29 is 9.53 Å². The highest BCUT2D eigenvalue weighted by molar-refractivity contribution is 5.85. The van der Waals surface area contributed by atoms with Gasteiger partial charge in [-0.3, -0.25) is 9.69 Å². The molecule has 25 heavy (non-hydrogen) atoms. The summed E-state index contributed by atoms with van der Waals surface area (Å²) in [6, 6.07) is 0.418. The fourth-order valence-electron chi connectivity index (χ4n) is 4.52. The molecule has 1 amide bonds. The summed E-state index contributed by atoms with van der Waals surface area (Å²) in [7, 11) is 0. The van der Waals surface area contributed by atoms with E-state index in [0.29, 0.717) is 30.1 Å². The minimum Gasteiger partial charge on any atom is -0.373 e. The first kappa shape index (κ1) is 23.0. The average Bonchev–Trinajstić information content (AvgIpc) is 3.15. The number of morpholine rings is 1. The number of amides is 1. The molecule has 3 aliphatic heterocycles. The number of hydrogen-bond donors (Lipinski definition) is 1. The van der Waals surface area contributed by atoms with Gasteiger partial charge >= 0.3 is 0 Å². The van der Waals surface area contributed by atoms with Crippen molar-refractivity contribution in [3.05, 3.63) is 0 Å². The first-order valence-corrected chi connectivity index (χ1v) is 9.50. The number of nitrogens with zero attached hydrogens (tertiary/aromatic N) is 2. The third kappa shape index (κ3) is 6.55. The van der Waals surface area contributed by atoms with Gasteiger partial charge < -0.3 is 15.0 Å². The molecule has 3 rings (SSSR count). The lowest BCUT2D eigenvalue weighted by Crippen LogP contribution is -2.50. The molecule has 0 aromatic carbocycles. The van der Waals surface area contributed by atoms with Crippen molar-refractivity contribution in [2.75, 3.05) is 39.3 Å². The molecule has 1 N–H and O–H groups in total. The molecule has 3 fully saturated rings. The Balaban J connectivity index is 0.00000156. The molecule has 0 spiro atoms. The van der Waals surface area contributed by atoms with E-state index in [0.717, 1.165) is 65.0 Å². The maximum Gasteiger partial charge on any atom is 0.222 e. The quantitative estimate of drug-likeness (QED) is 0.775. The molecule has 0 radical (unpaired) electrons. The second kappa shape index (κ2) is 10.9. The minimum atomic E-state index is 0. The summed E-state index contributed by atoms with van der Waals surface area (Å²) in [5.74, 6) is 1.09. The smallest absolute Gasteiger partial charge is 0.222 e. The largest absolute Gasteiger partial charge is 0.373 e. The highest BCUT2D eigenvalue weighted by Crippen LogP contribution is 2.23. The van der Waals surface area contributed by atoms with Gasteiger partial charge in [0.15, 0.2) is 0 Å². The molecule has 5 nitrogen and oxygen atoms in total. The topological polar surface area (TPSA) is 44.8 Å². The van der Waals surface area contributed by atoms with Gasteiger partial charge in [-0.2, -0.15) is 0 Å². The molecule has 3 aliphatic rings. The third-order valence-electron chi connectivity index (χ3n) is 5.59. The zero-order valence-electron chi connectivity index (χ0n) is 15.6. The highest BCUT2D eigenvalue weighted by Gasteiger charge is 2.32. The molecule has 0 saturated carbocycles. The number of nitrogens with one attached hydrogen (secondary N) is 1. The Labute approximate surface area is 165 Å². The lowest BCUT2D eigenvalue weighted by molar-refractivity contribution is -0.133. The molecule has 7 heteroatoms. The Bertz CT molecular complexity index is 398. The normalized spacial score (nSPS) is 33.0. The van der Waals surface area contributed by atoms with Crippen LogP contribution in [0, 0.1) is 5.92 Å². The summed E-state index contributed by atoms with van der Waals surface area (Å²) in [6.07, 6.45) is 5.96. The predicted molar refractivity (Wildman–Crippen MR) is 106 cm³/mol. The Morgan fingerprint density at radius 1 is 1.16 bits per heavy atom. The summed E-state index contributed by atoms with van der Waals surface area (Å²) in [4.78, 5) is 17.3. The summed E-state index contributed by atoms with van der Waals surface area (Å²) >= 11 is 0. The first-order valence-electron chi connectivity index (χ1n) is 9.50. The molecular weight excluding hydrogens is 361 g/mol. The maximum absolute atomic E-state index is 12.6. The molecule has 4 atom stereocenters. The van der Waals surface area contributed by atoms with E-state index in [9.17, 15) is 4.79 Å². The van der Waals surface area contributed by atoms with Crippen molar-refractivity contribution >= 4 is 30.7 Å². The van der Waals surface area contributed by atoms with E-state index in [1.54, 1.807) is 0 Å².